The number of thiophene rings is 1. The molecule has 3 rings (SSSR count). The van der Waals surface area contributed by atoms with Crippen molar-refractivity contribution in [2.24, 2.45) is 5.73 Å². The van der Waals surface area contributed by atoms with Crippen molar-refractivity contribution in [3.63, 3.8) is 0 Å². The van der Waals surface area contributed by atoms with Gasteiger partial charge in [0, 0.05) is 25.8 Å². The Bertz CT molecular complexity index is 695. The second kappa shape index (κ2) is 7.63. The molecule has 0 aliphatic carbocycles. The van der Waals surface area contributed by atoms with Crippen LogP contribution >= 0.6 is 11.3 Å². The summed E-state index contributed by atoms with van der Waals surface area (Å²) in [4.78, 5) is 26.4. The lowest BCUT2D eigenvalue weighted by molar-refractivity contribution is -0.141. The van der Waals surface area contributed by atoms with Crippen molar-refractivity contribution in [3.05, 3.63) is 35.4 Å². The predicted molar refractivity (Wildman–Crippen MR) is 90.5 cm³/mol. The molecule has 1 fully saturated rings. The van der Waals surface area contributed by atoms with Crippen LogP contribution in [0, 0.1) is 0 Å². The fourth-order valence-electron chi connectivity index (χ4n) is 2.82. The van der Waals surface area contributed by atoms with Crippen LogP contribution in [0.15, 0.2) is 34.1 Å². The largest absolute Gasteiger partial charge is 0.460 e. The molecule has 0 aromatic carbocycles. The molecule has 2 N–H and O–H groups in total. The van der Waals surface area contributed by atoms with Gasteiger partial charge in [-0.25, -0.2) is 0 Å². The number of carbonyl (C=O) groups excluding carboxylic acids is 2. The summed E-state index contributed by atoms with van der Waals surface area (Å²) in [6.07, 6.45) is 1.01. The summed E-state index contributed by atoms with van der Waals surface area (Å²) >= 11 is 1.62. The Hall–Kier alpha value is -2.12. The highest BCUT2D eigenvalue weighted by Gasteiger charge is 2.28. The first-order chi connectivity index (χ1) is 11.6. The summed E-state index contributed by atoms with van der Waals surface area (Å²) in [5.74, 6) is 1.19. The van der Waals surface area contributed by atoms with Crippen LogP contribution in [0.4, 0.5) is 0 Å². The van der Waals surface area contributed by atoms with Crippen LogP contribution < -0.4 is 5.73 Å². The molecule has 0 saturated carbocycles. The smallest absolute Gasteiger partial charge is 0.223 e. The molecule has 0 spiro atoms. The lowest BCUT2D eigenvalue weighted by atomic mass is 10.1. The van der Waals surface area contributed by atoms with E-state index in [1.54, 1.807) is 16.2 Å². The summed E-state index contributed by atoms with van der Waals surface area (Å²) in [5.41, 5.74) is 5.25. The maximum Gasteiger partial charge on any atom is 0.223 e. The highest BCUT2D eigenvalue weighted by Crippen LogP contribution is 2.27. The third kappa shape index (κ3) is 4.04. The zero-order valence-electron chi connectivity index (χ0n) is 13.3. The molecule has 0 unspecified atom stereocenters. The van der Waals surface area contributed by atoms with Crippen LogP contribution in [-0.4, -0.2) is 42.5 Å². The van der Waals surface area contributed by atoms with Gasteiger partial charge in [-0.3, -0.25) is 9.59 Å². The molecule has 128 valence electrons. The van der Waals surface area contributed by atoms with Crippen LogP contribution in [0.5, 0.6) is 0 Å². The summed E-state index contributed by atoms with van der Waals surface area (Å²) in [7, 11) is 0. The van der Waals surface area contributed by atoms with E-state index >= 15 is 0 Å². The summed E-state index contributed by atoms with van der Waals surface area (Å²) < 4.78 is 11.1. The molecule has 24 heavy (non-hydrogen) atoms. The molecule has 1 aliphatic rings. The Labute approximate surface area is 144 Å². The van der Waals surface area contributed by atoms with Crippen LogP contribution in [0.25, 0.3) is 10.6 Å². The quantitative estimate of drug-likeness (QED) is 0.866. The molecular formula is C17H20N2O4S. The second-order valence-corrected chi connectivity index (χ2v) is 6.68. The minimum absolute atomic E-state index is 0.00127. The van der Waals surface area contributed by atoms with Gasteiger partial charge in [-0.2, -0.15) is 0 Å². The van der Waals surface area contributed by atoms with Gasteiger partial charge in [0.25, 0.3) is 0 Å². The molecule has 0 bridgehead atoms. The van der Waals surface area contributed by atoms with Crippen molar-refractivity contribution in [2.75, 3.05) is 19.8 Å². The molecule has 2 aromatic heterocycles. The minimum Gasteiger partial charge on any atom is -0.460 e. The fourth-order valence-corrected chi connectivity index (χ4v) is 3.51. The van der Waals surface area contributed by atoms with E-state index < -0.39 is 5.91 Å². The number of furan rings is 1. The number of carbonyl (C=O) groups is 2. The minimum atomic E-state index is -0.421. The molecule has 1 atom stereocenters. The van der Waals surface area contributed by atoms with Crippen LogP contribution in [0.2, 0.25) is 0 Å². The molecule has 2 aromatic rings. The van der Waals surface area contributed by atoms with Crippen LogP contribution in [-0.2, 0) is 20.7 Å². The van der Waals surface area contributed by atoms with Crippen molar-refractivity contribution < 1.29 is 18.7 Å². The maximum absolute atomic E-state index is 12.5. The molecular weight excluding hydrogens is 328 g/mol. The third-order valence-corrected chi connectivity index (χ3v) is 4.88. The number of hydrogen-bond acceptors (Lipinski definition) is 5. The highest BCUT2D eigenvalue weighted by molar-refractivity contribution is 7.13. The maximum atomic E-state index is 12.5. The van der Waals surface area contributed by atoms with E-state index in [1.807, 2.05) is 29.6 Å². The van der Waals surface area contributed by atoms with Gasteiger partial charge in [-0.15, -0.1) is 11.3 Å². The average Bonchev–Trinajstić information content (AvgIpc) is 3.24. The van der Waals surface area contributed by atoms with Crippen molar-refractivity contribution in [1.82, 2.24) is 4.90 Å². The number of primary amides is 1. The molecule has 3 heterocycles. The number of morpholine rings is 1. The fraction of sp³-hybridized carbons (Fsp3) is 0.412. The van der Waals surface area contributed by atoms with Crippen molar-refractivity contribution in [2.45, 2.75) is 25.3 Å². The standard InChI is InChI=1S/C17H20N2O4S/c18-16(20)10-12-11-22-8-7-19(12)17(21)6-4-13-3-5-14(23-13)15-2-1-9-24-15/h1-3,5,9,12H,4,6-8,10-11H2,(H2,18,20)/t12-/m1/s1. The van der Waals surface area contributed by atoms with Crippen LogP contribution in [0.3, 0.4) is 0 Å². The molecule has 7 heteroatoms. The second-order valence-electron chi connectivity index (χ2n) is 5.73. The molecule has 0 radical (unpaired) electrons. The number of amides is 2. The lowest BCUT2D eigenvalue weighted by Crippen LogP contribution is -2.50. The van der Waals surface area contributed by atoms with Gasteiger partial charge in [-0.05, 0) is 23.6 Å². The topological polar surface area (TPSA) is 85.8 Å². The number of nitrogens with two attached hydrogens (primary N) is 1. The van der Waals surface area contributed by atoms with Gasteiger partial charge in [0.05, 0.1) is 24.1 Å². The molecule has 2 amide bonds. The number of aryl methyl sites for hydroxylation is 1. The first-order valence-corrected chi connectivity index (χ1v) is 8.79. The van der Waals surface area contributed by atoms with Gasteiger partial charge in [0.1, 0.15) is 11.5 Å². The Morgan fingerprint density at radius 2 is 2.21 bits per heavy atom. The Morgan fingerprint density at radius 3 is 2.96 bits per heavy atom. The number of hydrogen-bond donors (Lipinski definition) is 1. The average molecular weight is 348 g/mol. The zero-order chi connectivity index (χ0) is 16.9. The van der Waals surface area contributed by atoms with E-state index in [-0.39, 0.29) is 18.4 Å². The number of nitrogens with zero attached hydrogens (tertiary/aromatic N) is 1. The summed E-state index contributed by atoms with van der Waals surface area (Å²) in [5, 5.41) is 2.00. The van der Waals surface area contributed by atoms with E-state index in [0.717, 1.165) is 16.4 Å². The van der Waals surface area contributed by atoms with Crippen molar-refractivity contribution in [3.8, 4) is 10.6 Å². The highest BCUT2D eigenvalue weighted by atomic mass is 32.1. The summed E-state index contributed by atoms with van der Waals surface area (Å²) in [6.45, 7) is 1.34. The first-order valence-electron chi connectivity index (χ1n) is 7.91. The zero-order valence-corrected chi connectivity index (χ0v) is 14.1. The summed E-state index contributed by atoms with van der Waals surface area (Å²) in [6, 6.07) is 7.55. The Kier molecular flexibility index (Phi) is 5.32. The normalized spacial score (nSPS) is 17.8. The van der Waals surface area contributed by atoms with E-state index in [2.05, 4.69) is 0 Å². The van der Waals surface area contributed by atoms with Crippen molar-refractivity contribution >= 4 is 23.2 Å². The van der Waals surface area contributed by atoms with E-state index in [0.29, 0.717) is 32.6 Å². The van der Waals surface area contributed by atoms with E-state index in [1.165, 1.54) is 0 Å². The number of ether oxygens (including phenoxy) is 1. The Balaban J connectivity index is 1.57. The molecule has 1 aliphatic heterocycles. The Morgan fingerprint density at radius 1 is 1.33 bits per heavy atom. The van der Waals surface area contributed by atoms with Crippen LogP contribution in [0.1, 0.15) is 18.6 Å². The lowest BCUT2D eigenvalue weighted by Gasteiger charge is -2.35. The van der Waals surface area contributed by atoms with Gasteiger partial charge in [-0.1, -0.05) is 6.07 Å². The van der Waals surface area contributed by atoms with Crippen molar-refractivity contribution in [1.29, 1.82) is 0 Å². The first kappa shape index (κ1) is 16.7. The third-order valence-electron chi connectivity index (χ3n) is 4.00. The van der Waals surface area contributed by atoms with E-state index in [4.69, 9.17) is 14.9 Å². The molecule has 1 saturated heterocycles. The predicted octanol–water partition coefficient (Wildman–Crippen LogP) is 2.04. The van der Waals surface area contributed by atoms with Gasteiger partial charge >= 0.3 is 0 Å². The van der Waals surface area contributed by atoms with Gasteiger partial charge in [0.15, 0.2) is 0 Å². The number of rotatable bonds is 6. The SMILES string of the molecule is NC(=O)C[C@@H]1COCCN1C(=O)CCc1ccc(-c2cccs2)o1. The molecule has 6 nitrogen and oxygen atoms in total. The van der Waals surface area contributed by atoms with Gasteiger partial charge in [0.2, 0.25) is 11.8 Å². The monoisotopic (exact) mass is 348 g/mol. The van der Waals surface area contributed by atoms with Gasteiger partial charge < -0.3 is 19.8 Å². The van der Waals surface area contributed by atoms with E-state index in [9.17, 15) is 9.59 Å².